The van der Waals surface area contributed by atoms with Crippen LogP contribution in [0.25, 0.3) is 10.9 Å². The number of carbonyl (C=O) groups excluding carboxylic acids is 1. The second-order valence-corrected chi connectivity index (χ2v) is 10.4. The van der Waals surface area contributed by atoms with Crippen molar-refractivity contribution in [1.29, 1.82) is 0 Å². The highest BCUT2D eigenvalue weighted by Crippen LogP contribution is 2.39. The van der Waals surface area contributed by atoms with E-state index >= 15 is 0 Å². The van der Waals surface area contributed by atoms with Crippen LogP contribution in [0.1, 0.15) is 47.3 Å². The quantitative estimate of drug-likeness (QED) is 0.291. The number of H-pyrrole nitrogens is 1. The predicted octanol–water partition coefficient (Wildman–Crippen LogP) is 6.24. The Morgan fingerprint density at radius 1 is 1.14 bits per heavy atom. The molecule has 2 atom stereocenters. The number of nitrogens with zero attached hydrogens (tertiary/aromatic N) is 1. The van der Waals surface area contributed by atoms with Crippen LogP contribution in [0.4, 0.5) is 0 Å². The highest BCUT2D eigenvalue weighted by atomic mass is 35.5. The van der Waals surface area contributed by atoms with Gasteiger partial charge in [-0.2, -0.15) is 0 Å². The third kappa shape index (κ3) is 5.39. The Labute approximate surface area is 223 Å². The average Bonchev–Trinajstić information content (AvgIpc) is 3.28. The topological polar surface area (TPSA) is 65.6 Å². The first-order valence-electron chi connectivity index (χ1n) is 13.0. The lowest BCUT2D eigenvalue weighted by molar-refractivity contribution is -0.132. The van der Waals surface area contributed by atoms with E-state index in [9.17, 15) is 9.90 Å². The van der Waals surface area contributed by atoms with E-state index in [0.717, 1.165) is 46.3 Å². The smallest absolute Gasteiger partial charge is 0.227 e. The molecule has 0 spiro atoms. The Morgan fingerprint density at radius 2 is 1.89 bits per heavy atom. The molecule has 1 amide bonds. The molecule has 6 heteroatoms. The Bertz CT molecular complexity index is 1370. The van der Waals surface area contributed by atoms with Gasteiger partial charge in [0, 0.05) is 40.7 Å². The van der Waals surface area contributed by atoms with Crippen LogP contribution in [0.3, 0.4) is 0 Å². The number of aryl methyl sites for hydroxylation is 1. The molecular formula is C31H33ClN2O3. The van der Waals surface area contributed by atoms with Crippen LogP contribution >= 0.6 is 11.6 Å². The fourth-order valence-electron chi connectivity index (χ4n) is 5.12. The van der Waals surface area contributed by atoms with Crippen molar-refractivity contribution >= 4 is 28.4 Å². The molecule has 4 aromatic rings. The second kappa shape index (κ2) is 11.0. The number of fused-ring (bicyclic) bond motifs is 3. The van der Waals surface area contributed by atoms with Gasteiger partial charge in [0.25, 0.3) is 0 Å². The molecule has 1 aromatic heterocycles. The van der Waals surface area contributed by atoms with Crippen LogP contribution in [-0.4, -0.2) is 40.7 Å². The second-order valence-electron chi connectivity index (χ2n) is 9.95. The first-order chi connectivity index (χ1) is 18.0. The molecule has 2 unspecified atom stereocenters. The van der Waals surface area contributed by atoms with E-state index in [-0.39, 0.29) is 24.5 Å². The maximum atomic E-state index is 13.7. The molecule has 0 fully saturated rings. The molecule has 1 aliphatic heterocycles. The molecule has 2 heterocycles. The zero-order chi connectivity index (χ0) is 25.9. The third-order valence-corrected chi connectivity index (χ3v) is 7.64. The fourth-order valence-corrected chi connectivity index (χ4v) is 5.29. The van der Waals surface area contributed by atoms with Gasteiger partial charge in [0.1, 0.15) is 5.75 Å². The predicted molar refractivity (Wildman–Crippen MR) is 148 cm³/mol. The Balaban J connectivity index is 1.48. The van der Waals surface area contributed by atoms with Crippen LogP contribution in [0.2, 0.25) is 5.02 Å². The minimum absolute atomic E-state index is 0.102. The van der Waals surface area contributed by atoms with Crippen LogP contribution in [-0.2, 0) is 17.6 Å². The molecule has 0 saturated carbocycles. The van der Waals surface area contributed by atoms with Gasteiger partial charge in [0.05, 0.1) is 19.1 Å². The number of halogens is 1. The molecule has 5 rings (SSSR count). The molecular weight excluding hydrogens is 484 g/mol. The minimum Gasteiger partial charge on any atom is -0.493 e. The molecule has 0 bridgehead atoms. The summed E-state index contributed by atoms with van der Waals surface area (Å²) >= 11 is 6.33. The molecule has 2 N–H and O–H groups in total. The van der Waals surface area contributed by atoms with Crippen molar-refractivity contribution in [2.45, 2.75) is 39.2 Å². The van der Waals surface area contributed by atoms with Crippen LogP contribution < -0.4 is 4.74 Å². The zero-order valence-corrected chi connectivity index (χ0v) is 22.1. The number of aromatic nitrogens is 1. The van der Waals surface area contributed by atoms with Crippen LogP contribution in [0.5, 0.6) is 5.75 Å². The van der Waals surface area contributed by atoms with Gasteiger partial charge in [-0.1, -0.05) is 60.5 Å². The van der Waals surface area contributed by atoms with Gasteiger partial charge in [-0.05, 0) is 66.8 Å². The lowest BCUT2D eigenvalue weighted by Gasteiger charge is -2.36. The van der Waals surface area contributed by atoms with Crippen LogP contribution in [0.15, 0.2) is 66.7 Å². The number of hydrogen-bond donors (Lipinski definition) is 2. The number of hydrogen-bond acceptors (Lipinski definition) is 3. The molecule has 0 saturated heterocycles. The number of carbonyl (C=O) groups is 1. The number of rotatable bonds is 8. The summed E-state index contributed by atoms with van der Waals surface area (Å²) in [5.41, 5.74) is 6.51. The largest absolute Gasteiger partial charge is 0.493 e. The summed E-state index contributed by atoms with van der Waals surface area (Å²) in [5, 5.41) is 11.3. The van der Waals surface area contributed by atoms with Gasteiger partial charge in [0.15, 0.2) is 0 Å². The molecule has 5 nitrogen and oxygen atoms in total. The third-order valence-electron chi connectivity index (χ3n) is 7.40. The standard InChI is InChI=1S/C31H33ClN2O3/c1-3-21(18-35)19-37-25-11-8-23(9-12-25)31-30-26(27-17-24(32)10-13-28(27)33-30)14-15-34(31)29(36)16-22-6-4-20(2)5-7-22/h4-13,17,21,31,33,35H,3,14-16,18-19H2,1-2H3. The highest BCUT2D eigenvalue weighted by Gasteiger charge is 2.34. The summed E-state index contributed by atoms with van der Waals surface area (Å²) in [6, 6.07) is 21.8. The van der Waals surface area contributed by atoms with E-state index in [2.05, 4.69) is 24.0 Å². The maximum Gasteiger partial charge on any atom is 0.227 e. The lowest BCUT2D eigenvalue weighted by Crippen LogP contribution is -2.41. The maximum absolute atomic E-state index is 13.7. The first kappa shape index (κ1) is 25.4. The summed E-state index contributed by atoms with van der Waals surface area (Å²) in [7, 11) is 0. The first-order valence-corrected chi connectivity index (χ1v) is 13.3. The Kier molecular flexibility index (Phi) is 7.54. The number of aliphatic hydroxyl groups is 1. The van der Waals surface area contributed by atoms with Crippen molar-refractivity contribution in [2.24, 2.45) is 5.92 Å². The molecule has 1 aliphatic rings. The van der Waals surface area contributed by atoms with Gasteiger partial charge in [0.2, 0.25) is 5.91 Å². The van der Waals surface area contributed by atoms with E-state index in [4.69, 9.17) is 16.3 Å². The van der Waals surface area contributed by atoms with Crippen molar-refractivity contribution < 1.29 is 14.6 Å². The van der Waals surface area contributed by atoms with Crippen LogP contribution in [0, 0.1) is 12.8 Å². The average molecular weight is 517 g/mol. The SMILES string of the molecule is CCC(CO)COc1ccc(C2c3[nH]c4ccc(Cl)cc4c3CCN2C(=O)Cc2ccc(C)cc2)cc1. The summed E-state index contributed by atoms with van der Waals surface area (Å²) in [4.78, 5) is 19.3. The van der Waals surface area contributed by atoms with E-state index < -0.39 is 0 Å². The summed E-state index contributed by atoms with van der Waals surface area (Å²) in [6.45, 7) is 5.32. The van der Waals surface area contributed by atoms with E-state index in [1.54, 1.807) is 0 Å². The van der Waals surface area contributed by atoms with Gasteiger partial charge in [-0.15, -0.1) is 0 Å². The monoisotopic (exact) mass is 516 g/mol. The number of aromatic amines is 1. The zero-order valence-electron chi connectivity index (χ0n) is 21.3. The number of aliphatic hydroxyl groups excluding tert-OH is 1. The summed E-state index contributed by atoms with van der Waals surface area (Å²) < 4.78 is 5.92. The highest BCUT2D eigenvalue weighted by molar-refractivity contribution is 6.31. The van der Waals surface area contributed by atoms with Crippen molar-refractivity contribution in [3.8, 4) is 5.75 Å². The molecule has 0 aliphatic carbocycles. The molecule has 192 valence electrons. The summed E-state index contributed by atoms with van der Waals surface area (Å²) in [6.07, 6.45) is 1.99. The number of amides is 1. The van der Waals surface area contributed by atoms with Crippen molar-refractivity contribution in [1.82, 2.24) is 9.88 Å². The molecule has 0 radical (unpaired) electrons. The number of benzene rings is 3. The number of ether oxygens (including phenoxy) is 1. The summed E-state index contributed by atoms with van der Waals surface area (Å²) in [5.74, 6) is 0.978. The van der Waals surface area contributed by atoms with Crippen molar-refractivity contribution in [2.75, 3.05) is 19.8 Å². The lowest BCUT2D eigenvalue weighted by atomic mass is 9.91. The van der Waals surface area contributed by atoms with Gasteiger partial charge in [-0.25, -0.2) is 0 Å². The minimum atomic E-state index is -0.234. The molecule has 3 aromatic carbocycles. The van der Waals surface area contributed by atoms with Crippen molar-refractivity contribution in [3.63, 3.8) is 0 Å². The van der Waals surface area contributed by atoms with Gasteiger partial charge < -0.3 is 19.7 Å². The fraction of sp³-hybridized carbons (Fsp3) is 0.323. The van der Waals surface area contributed by atoms with E-state index in [0.29, 0.717) is 24.6 Å². The Morgan fingerprint density at radius 3 is 2.59 bits per heavy atom. The van der Waals surface area contributed by atoms with Gasteiger partial charge in [-0.3, -0.25) is 4.79 Å². The van der Waals surface area contributed by atoms with Crippen molar-refractivity contribution in [3.05, 3.63) is 99.7 Å². The number of nitrogens with one attached hydrogen (secondary N) is 1. The van der Waals surface area contributed by atoms with Gasteiger partial charge >= 0.3 is 0 Å². The van der Waals surface area contributed by atoms with E-state index in [1.165, 1.54) is 11.1 Å². The normalized spacial score (nSPS) is 16.0. The molecule has 37 heavy (non-hydrogen) atoms. The van der Waals surface area contributed by atoms with E-state index in [1.807, 2.05) is 66.4 Å². The Hall–Kier alpha value is -3.28.